The number of carbonyl (C=O) groups is 2. The second kappa shape index (κ2) is 4.61. The average molecular weight is 251 g/mol. The third-order valence-electron chi connectivity index (χ3n) is 2.83. The molecule has 0 aromatic carbocycles. The molecule has 18 heavy (non-hydrogen) atoms. The van der Waals surface area contributed by atoms with Crippen molar-refractivity contribution in [2.24, 2.45) is 0 Å². The number of anilines is 1. The number of likely N-dealkylation sites (tertiary alicyclic amines) is 1. The van der Waals surface area contributed by atoms with Crippen molar-refractivity contribution >= 4 is 17.6 Å². The molecule has 0 spiro atoms. The molecule has 1 fully saturated rings. The fraction of sp³-hybridized carbons (Fsp3) is 0.364. The van der Waals surface area contributed by atoms with Crippen LogP contribution < -0.4 is 5.73 Å². The van der Waals surface area contributed by atoms with Crippen LogP contribution in [0.2, 0.25) is 0 Å². The van der Waals surface area contributed by atoms with Crippen LogP contribution in [0.15, 0.2) is 18.3 Å². The summed E-state index contributed by atoms with van der Waals surface area (Å²) in [6.07, 6.45) is 0.551. The van der Waals surface area contributed by atoms with Gasteiger partial charge in [0.2, 0.25) is 0 Å². The molecule has 1 aromatic heterocycles. The van der Waals surface area contributed by atoms with E-state index in [0.717, 1.165) is 4.90 Å². The first-order valence-electron chi connectivity index (χ1n) is 5.42. The summed E-state index contributed by atoms with van der Waals surface area (Å²) >= 11 is 0. The van der Waals surface area contributed by atoms with E-state index in [2.05, 4.69) is 4.98 Å². The first-order valence-corrected chi connectivity index (χ1v) is 5.42. The number of nitrogen functional groups attached to an aromatic ring is 1. The lowest BCUT2D eigenvalue weighted by Crippen LogP contribution is -2.40. The number of aliphatic carboxylic acids is 1. The fourth-order valence-corrected chi connectivity index (χ4v) is 1.95. The molecule has 2 atom stereocenters. The van der Waals surface area contributed by atoms with Gasteiger partial charge in [0, 0.05) is 13.0 Å². The topological polar surface area (TPSA) is 117 Å². The standard InChI is InChI=1S/C11H13N3O4/c12-6-1-2-8(13-4-6)10(16)14-5-7(15)3-9(14)11(17)18/h1-2,4,7,9,15H,3,5,12H2,(H,17,18). The van der Waals surface area contributed by atoms with Gasteiger partial charge in [-0.1, -0.05) is 0 Å². The van der Waals surface area contributed by atoms with Gasteiger partial charge in [0.15, 0.2) is 0 Å². The molecule has 1 saturated heterocycles. The van der Waals surface area contributed by atoms with Gasteiger partial charge in [-0.25, -0.2) is 9.78 Å². The monoisotopic (exact) mass is 251 g/mol. The lowest BCUT2D eigenvalue weighted by atomic mass is 10.2. The van der Waals surface area contributed by atoms with Crippen LogP contribution in [0.4, 0.5) is 5.69 Å². The van der Waals surface area contributed by atoms with Gasteiger partial charge in [0.25, 0.3) is 5.91 Å². The number of pyridine rings is 1. The van der Waals surface area contributed by atoms with Crippen LogP contribution in [0.5, 0.6) is 0 Å². The number of hydrogen-bond donors (Lipinski definition) is 3. The zero-order valence-corrected chi connectivity index (χ0v) is 9.48. The summed E-state index contributed by atoms with van der Waals surface area (Å²) in [6.45, 7) is 0.00184. The number of nitrogens with zero attached hydrogens (tertiary/aromatic N) is 2. The maximum Gasteiger partial charge on any atom is 0.326 e. The van der Waals surface area contributed by atoms with Crippen LogP contribution in [0.1, 0.15) is 16.9 Å². The van der Waals surface area contributed by atoms with Crippen LogP contribution in [-0.4, -0.2) is 50.7 Å². The normalized spacial score (nSPS) is 23.1. The van der Waals surface area contributed by atoms with Gasteiger partial charge in [0.05, 0.1) is 18.0 Å². The van der Waals surface area contributed by atoms with Crippen molar-refractivity contribution in [1.29, 1.82) is 0 Å². The number of aliphatic hydroxyl groups is 1. The van der Waals surface area contributed by atoms with Gasteiger partial charge in [0.1, 0.15) is 11.7 Å². The van der Waals surface area contributed by atoms with Gasteiger partial charge in [-0.2, -0.15) is 0 Å². The SMILES string of the molecule is Nc1ccc(C(=O)N2CC(O)CC2C(=O)O)nc1. The molecule has 2 rings (SSSR count). The summed E-state index contributed by atoms with van der Waals surface area (Å²) in [4.78, 5) is 28.0. The van der Waals surface area contributed by atoms with Crippen LogP contribution in [0, 0.1) is 0 Å². The van der Waals surface area contributed by atoms with Gasteiger partial charge < -0.3 is 20.8 Å². The van der Waals surface area contributed by atoms with Gasteiger partial charge in [-0.05, 0) is 12.1 Å². The molecule has 0 saturated carbocycles. The summed E-state index contributed by atoms with van der Waals surface area (Å²) in [6, 6.07) is 1.94. The van der Waals surface area contributed by atoms with E-state index < -0.39 is 24.0 Å². The second-order valence-corrected chi connectivity index (χ2v) is 4.18. The molecule has 4 N–H and O–H groups in total. The Kier molecular flexibility index (Phi) is 3.15. The maximum absolute atomic E-state index is 12.1. The highest BCUT2D eigenvalue weighted by Gasteiger charge is 2.39. The predicted octanol–water partition coefficient (Wildman–Crippen LogP) is -0.676. The molecule has 1 aliphatic heterocycles. The number of aromatic nitrogens is 1. The Labute approximate surface area is 103 Å². The number of amides is 1. The van der Waals surface area contributed by atoms with E-state index in [0.29, 0.717) is 5.69 Å². The first kappa shape index (κ1) is 12.3. The Bertz CT molecular complexity index is 474. The number of carboxylic acids is 1. The van der Waals surface area contributed by atoms with Gasteiger partial charge in [-0.3, -0.25) is 4.79 Å². The predicted molar refractivity (Wildman–Crippen MR) is 61.7 cm³/mol. The second-order valence-electron chi connectivity index (χ2n) is 4.18. The van der Waals surface area contributed by atoms with E-state index in [1.165, 1.54) is 18.3 Å². The Balaban J connectivity index is 2.22. The van der Waals surface area contributed by atoms with Crippen molar-refractivity contribution in [3.8, 4) is 0 Å². The highest BCUT2D eigenvalue weighted by Crippen LogP contribution is 2.20. The van der Waals surface area contributed by atoms with Gasteiger partial charge in [-0.15, -0.1) is 0 Å². The number of hydrogen-bond acceptors (Lipinski definition) is 5. The number of rotatable bonds is 2. The molecule has 1 aromatic rings. The van der Waals surface area contributed by atoms with Crippen LogP contribution in [-0.2, 0) is 4.79 Å². The Hall–Kier alpha value is -2.15. The van der Waals surface area contributed by atoms with Crippen LogP contribution in [0.25, 0.3) is 0 Å². The van der Waals surface area contributed by atoms with Crippen molar-refractivity contribution in [2.75, 3.05) is 12.3 Å². The number of carbonyl (C=O) groups excluding carboxylic acids is 1. The molecular formula is C11H13N3O4. The molecule has 7 nitrogen and oxygen atoms in total. The Morgan fingerprint density at radius 1 is 1.44 bits per heavy atom. The van der Waals surface area contributed by atoms with Crippen molar-refractivity contribution in [1.82, 2.24) is 9.88 Å². The van der Waals surface area contributed by atoms with Crippen LogP contribution in [0.3, 0.4) is 0 Å². The molecular weight excluding hydrogens is 238 g/mol. The minimum atomic E-state index is -1.13. The van der Waals surface area contributed by atoms with E-state index in [9.17, 15) is 14.7 Å². The number of aliphatic hydroxyl groups excluding tert-OH is 1. The lowest BCUT2D eigenvalue weighted by Gasteiger charge is -2.20. The quantitative estimate of drug-likeness (QED) is 0.641. The number of nitrogens with two attached hydrogens (primary N) is 1. The summed E-state index contributed by atoms with van der Waals surface area (Å²) in [5.41, 5.74) is 5.99. The van der Waals surface area contributed by atoms with Crippen molar-refractivity contribution in [2.45, 2.75) is 18.6 Å². The Morgan fingerprint density at radius 2 is 2.17 bits per heavy atom. The van der Waals surface area contributed by atoms with Crippen LogP contribution >= 0.6 is 0 Å². The van der Waals surface area contributed by atoms with Crippen molar-refractivity contribution < 1.29 is 19.8 Å². The fourth-order valence-electron chi connectivity index (χ4n) is 1.95. The highest BCUT2D eigenvalue weighted by molar-refractivity contribution is 5.95. The minimum absolute atomic E-state index is 0.00184. The molecule has 2 heterocycles. The molecule has 1 aliphatic rings. The van der Waals surface area contributed by atoms with Gasteiger partial charge >= 0.3 is 5.97 Å². The molecule has 1 amide bonds. The zero-order valence-electron chi connectivity index (χ0n) is 9.48. The maximum atomic E-state index is 12.1. The highest BCUT2D eigenvalue weighted by atomic mass is 16.4. The summed E-state index contributed by atoms with van der Waals surface area (Å²) in [7, 11) is 0. The van der Waals surface area contributed by atoms with E-state index >= 15 is 0 Å². The molecule has 2 unspecified atom stereocenters. The third-order valence-corrected chi connectivity index (χ3v) is 2.83. The summed E-state index contributed by atoms with van der Waals surface area (Å²) < 4.78 is 0. The van der Waals surface area contributed by atoms with Crippen molar-refractivity contribution in [3.05, 3.63) is 24.0 Å². The third kappa shape index (κ3) is 2.25. The summed E-state index contributed by atoms with van der Waals surface area (Å²) in [5.74, 6) is -1.64. The number of carboxylic acid groups (broad SMARTS) is 1. The zero-order chi connectivity index (χ0) is 13.3. The minimum Gasteiger partial charge on any atom is -0.480 e. The molecule has 0 aliphatic carbocycles. The molecule has 0 bridgehead atoms. The Morgan fingerprint density at radius 3 is 2.72 bits per heavy atom. The number of β-amino-alcohol motifs (C(OH)–C–C–N with tert-alkyl or cyclic N) is 1. The van der Waals surface area contributed by atoms with E-state index in [4.69, 9.17) is 10.8 Å². The average Bonchev–Trinajstić information content (AvgIpc) is 2.71. The largest absolute Gasteiger partial charge is 0.480 e. The summed E-state index contributed by atoms with van der Waals surface area (Å²) in [5, 5.41) is 18.5. The smallest absolute Gasteiger partial charge is 0.326 e. The molecule has 96 valence electrons. The molecule has 7 heteroatoms. The molecule has 0 radical (unpaired) electrons. The van der Waals surface area contributed by atoms with E-state index in [1.807, 2.05) is 0 Å². The van der Waals surface area contributed by atoms with E-state index in [-0.39, 0.29) is 18.7 Å². The van der Waals surface area contributed by atoms with Crippen molar-refractivity contribution in [3.63, 3.8) is 0 Å². The first-order chi connectivity index (χ1) is 8.49. The van der Waals surface area contributed by atoms with E-state index in [1.54, 1.807) is 0 Å². The lowest BCUT2D eigenvalue weighted by molar-refractivity contribution is -0.141.